The maximum absolute atomic E-state index is 14.0. The van der Waals surface area contributed by atoms with Crippen molar-refractivity contribution in [3.63, 3.8) is 0 Å². The number of allylic oxidation sites excluding steroid dienone is 5. The van der Waals surface area contributed by atoms with Crippen LogP contribution in [0.5, 0.6) is 0 Å². The molecule has 0 saturated carbocycles. The summed E-state index contributed by atoms with van der Waals surface area (Å²) in [6.07, 6.45) is 1.72. The maximum atomic E-state index is 14.0. The average molecular weight is 303 g/mol. The molecule has 2 rings (SSSR count). The van der Waals surface area contributed by atoms with E-state index >= 15 is 0 Å². The molecule has 0 aliphatic heterocycles. The van der Waals surface area contributed by atoms with Crippen molar-refractivity contribution in [3.05, 3.63) is 64.5 Å². The van der Waals surface area contributed by atoms with Gasteiger partial charge in [0.25, 0.3) is 5.56 Å². The summed E-state index contributed by atoms with van der Waals surface area (Å²) in [7, 11) is 0. The SMILES string of the molecule is C=C(C(F)=CC(F)=CC)n1c(N)nc2ccc(C)cc2c1=O. The molecule has 0 aliphatic carbocycles. The second-order valence-corrected chi connectivity index (χ2v) is 4.74. The van der Waals surface area contributed by atoms with Crippen LogP contribution in [0.4, 0.5) is 14.7 Å². The number of nitrogens with zero attached hydrogens (tertiary/aromatic N) is 2. The molecule has 0 bridgehead atoms. The van der Waals surface area contributed by atoms with Gasteiger partial charge in [-0.25, -0.2) is 18.3 Å². The minimum Gasteiger partial charge on any atom is -0.369 e. The molecule has 2 aromatic rings. The van der Waals surface area contributed by atoms with Gasteiger partial charge in [0.1, 0.15) is 11.7 Å². The van der Waals surface area contributed by atoms with E-state index < -0.39 is 17.2 Å². The number of halogens is 2. The van der Waals surface area contributed by atoms with Crippen LogP contribution in [-0.4, -0.2) is 9.55 Å². The van der Waals surface area contributed by atoms with Crippen LogP contribution in [0.3, 0.4) is 0 Å². The van der Waals surface area contributed by atoms with E-state index in [0.717, 1.165) is 16.2 Å². The van der Waals surface area contributed by atoms with Crippen molar-refractivity contribution in [1.29, 1.82) is 0 Å². The Bertz CT molecular complexity index is 879. The molecule has 0 atom stereocenters. The summed E-state index contributed by atoms with van der Waals surface area (Å²) in [5, 5.41) is 0.287. The standard InChI is InChI=1S/C16H15F2N3O/c1-4-11(17)8-13(18)10(3)21-15(22)12-7-9(2)5-6-14(12)20-16(21)19/h4-8H,3H2,1-2H3,(H2,19,20). The minimum absolute atomic E-state index is 0.212. The quantitative estimate of drug-likeness (QED) is 0.883. The van der Waals surface area contributed by atoms with E-state index in [0.29, 0.717) is 11.6 Å². The molecule has 0 unspecified atom stereocenters. The fraction of sp³-hybridized carbons (Fsp3) is 0.125. The van der Waals surface area contributed by atoms with E-state index in [2.05, 4.69) is 11.6 Å². The molecule has 114 valence electrons. The second-order valence-electron chi connectivity index (χ2n) is 4.74. The summed E-state index contributed by atoms with van der Waals surface area (Å²) in [4.78, 5) is 16.5. The van der Waals surface area contributed by atoms with E-state index in [9.17, 15) is 13.6 Å². The first-order valence-corrected chi connectivity index (χ1v) is 6.52. The van der Waals surface area contributed by atoms with Gasteiger partial charge in [-0.05, 0) is 26.0 Å². The summed E-state index contributed by atoms with van der Waals surface area (Å²) >= 11 is 0. The molecule has 0 radical (unpaired) electrons. The summed E-state index contributed by atoms with van der Waals surface area (Å²) < 4.78 is 28.0. The van der Waals surface area contributed by atoms with Crippen molar-refractivity contribution in [1.82, 2.24) is 9.55 Å². The zero-order valence-corrected chi connectivity index (χ0v) is 12.2. The number of anilines is 1. The fourth-order valence-electron chi connectivity index (χ4n) is 1.97. The van der Waals surface area contributed by atoms with Gasteiger partial charge < -0.3 is 5.73 Å². The summed E-state index contributed by atoms with van der Waals surface area (Å²) in [5.41, 5.74) is 6.05. The highest BCUT2D eigenvalue weighted by molar-refractivity contribution is 5.81. The number of aryl methyl sites for hydroxylation is 1. The molecule has 22 heavy (non-hydrogen) atoms. The number of benzene rings is 1. The topological polar surface area (TPSA) is 60.9 Å². The van der Waals surface area contributed by atoms with Crippen molar-refractivity contribution < 1.29 is 8.78 Å². The van der Waals surface area contributed by atoms with Gasteiger partial charge in [-0.15, -0.1) is 0 Å². The molecule has 0 spiro atoms. The van der Waals surface area contributed by atoms with Crippen molar-refractivity contribution >= 4 is 22.5 Å². The van der Waals surface area contributed by atoms with E-state index in [1.54, 1.807) is 18.2 Å². The molecule has 0 amide bonds. The summed E-state index contributed by atoms with van der Waals surface area (Å²) in [6, 6.07) is 5.07. The molecule has 0 fully saturated rings. The zero-order chi connectivity index (χ0) is 16.4. The lowest BCUT2D eigenvalue weighted by Gasteiger charge is -2.11. The Morgan fingerprint density at radius 1 is 1.41 bits per heavy atom. The number of fused-ring (bicyclic) bond motifs is 1. The number of nitrogens with two attached hydrogens (primary N) is 1. The largest absolute Gasteiger partial charge is 0.369 e. The fourth-order valence-corrected chi connectivity index (χ4v) is 1.97. The van der Waals surface area contributed by atoms with Gasteiger partial charge >= 0.3 is 0 Å². The van der Waals surface area contributed by atoms with Gasteiger partial charge in [-0.1, -0.05) is 24.3 Å². The van der Waals surface area contributed by atoms with E-state index in [1.165, 1.54) is 6.92 Å². The summed E-state index contributed by atoms with van der Waals surface area (Å²) in [5.74, 6) is -2.00. The Morgan fingerprint density at radius 2 is 2.09 bits per heavy atom. The molecule has 2 N–H and O–H groups in total. The molecule has 4 nitrogen and oxygen atoms in total. The first-order valence-electron chi connectivity index (χ1n) is 6.52. The molecule has 1 heterocycles. The lowest BCUT2D eigenvalue weighted by molar-refractivity contribution is 0.627. The van der Waals surface area contributed by atoms with Crippen LogP contribution < -0.4 is 11.3 Å². The lowest BCUT2D eigenvalue weighted by Crippen LogP contribution is -2.24. The van der Waals surface area contributed by atoms with Crippen LogP contribution >= 0.6 is 0 Å². The molecule has 1 aromatic heterocycles. The van der Waals surface area contributed by atoms with E-state index in [-0.39, 0.29) is 17.0 Å². The Labute approximate surface area is 125 Å². The Balaban J connectivity index is 2.68. The van der Waals surface area contributed by atoms with Crippen LogP contribution in [0.15, 0.2) is 53.4 Å². The van der Waals surface area contributed by atoms with Crippen LogP contribution in [0, 0.1) is 6.92 Å². The Hall–Kier alpha value is -2.76. The van der Waals surface area contributed by atoms with Crippen LogP contribution in [-0.2, 0) is 0 Å². The van der Waals surface area contributed by atoms with Gasteiger partial charge in [0, 0.05) is 6.08 Å². The third kappa shape index (κ3) is 2.81. The highest BCUT2D eigenvalue weighted by Gasteiger charge is 2.14. The Morgan fingerprint density at radius 3 is 2.73 bits per heavy atom. The first kappa shape index (κ1) is 15.6. The predicted octanol–water partition coefficient (Wildman–Crippen LogP) is 3.48. The monoisotopic (exact) mass is 303 g/mol. The number of hydrogen-bond acceptors (Lipinski definition) is 3. The molecule has 0 aliphatic rings. The van der Waals surface area contributed by atoms with Gasteiger partial charge in [0.15, 0.2) is 0 Å². The van der Waals surface area contributed by atoms with Gasteiger partial charge in [0.05, 0.1) is 16.6 Å². The number of hydrogen-bond donors (Lipinski definition) is 1. The lowest BCUT2D eigenvalue weighted by atomic mass is 10.1. The van der Waals surface area contributed by atoms with Gasteiger partial charge in [0.2, 0.25) is 5.95 Å². The highest BCUT2D eigenvalue weighted by Crippen LogP contribution is 2.20. The third-order valence-corrected chi connectivity index (χ3v) is 3.14. The summed E-state index contributed by atoms with van der Waals surface area (Å²) in [6.45, 7) is 6.70. The number of aromatic nitrogens is 2. The average Bonchev–Trinajstić information content (AvgIpc) is 2.47. The van der Waals surface area contributed by atoms with E-state index in [4.69, 9.17) is 5.73 Å². The van der Waals surface area contributed by atoms with Crippen LogP contribution in [0.2, 0.25) is 0 Å². The molecular formula is C16H15F2N3O. The van der Waals surface area contributed by atoms with Crippen LogP contribution in [0.1, 0.15) is 12.5 Å². The van der Waals surface area contributed by atoms with Crippen molar-refractivity contribution in [2.75, 3.05) is 5.73 Å². The van der Waals surface area contributed by atoms with Crippen molar-refractivity contribution in [2.45, 2.75) is 13.8 Å². The number of rotatable bonds is 3. The molecule has 1 aromatic carbocycles. The smallest absolute Gasteiger partial charge is 0.267 e. The first-order chi connectivity index (χ1) is 10.3. The molecular weight excluding hydrogens is 288 g/mol. The van der Waals surface area contributed by atoms with Crippen molar-refractivity contribution in [2.24, 2.45) is 0 Å². The third-order valence-electron chi connectivity index (χ3n) is 3.14. The zero-order valence-electron chi connectivity index (χ0n) is 12.2. The van der Waals surface area contributed by atoms with Crippen LogP contribution in [0.25, 0.3) is 16.6 Å². The maximum Gasteiger partial charge on any atom is 0.267 e. The number of nitrogen functional groups attached to an aromatic ring is 1. The van der Waals surface area contributed by atoms with Crippen molar-refractivity contribution in [3.8, 4) is 0 Å². The minimum atomic E-state index is -1.00. The highest BCUT2D eigenvalue weighted by atomic mass is 19.1. The molecule has 6 heteroatoms. The predicted molar refractivity (Wildman–Crippen MR) is 84.5 cm³/mol. The normalized spacial score (nSPS) is 12.7. The van der Waals surface area contributed by atoms with Gasteiger partial charge in [-0.2, -0.15) is 0 Å². The van der Waals surface area contributed by atoms with E-state index in [1.807, 2.05) is 6.92 Å². The van der Waals surface area contributed by atoms with Gasteiger partial charge in [-0.3, -0.25) is 4.79 Å². The molecule has 0 saturated heterocycles. The second kappa shape index (κ2) is 5.93. The Kier molecular flexibility index (Phi) is 4.21.